The largest absolute Gasteiger partial charge is 0.394 e. The Balaban J connectivity index is 0.00000176. The molecule has 0 saturated carbocycles. The van der Waals surface area contributed by atoms with Crippen molar-refractivity contribution >= 4 is 0 Å². The molecule has 27 heavy (non-hydrogen) atoms. The van der Waals surface area contributed by atoms with Crippen molar-refractivity contribution in [2.24, 2.45) is 0 Å². The quantitative estimate of drug-likeness (QED) is 0.381. The summed E-state index contributed by atoms with van der Waals surface area (Å²) in [6.07, 6.45) is -0.371. The Kier molecular flexibility index (Phi) is 9.61. The van der Waals surface area contributed by atoms with Crippen LogP contribution in [0.1, 0.15) is 39.5 Å². The number of hydrogen-bond donors (Lipinski definition) is 4. The van der Waals surface area contributed by atoms with E-state index in [4.69, 9.17) is 9.47 Å². The average Bonchev–Trinajstić information content (AvgIpc) is 2.97. The maximum absolute atomic E-state index is 12.2. The van der Waals surface area contributed by atoms with Crippen molar-refractivity contribution in [2.75, 3.05) is 20.3 Å². The average molecular weight is 385 g/mol. The van der Waals surface area contributed by atoms with Crippen molar-refractivity contribution in [1.82, 2.24) is 14.9 Å². The Bertz CT molecular complexity index is 723. The van der Waals surface area contributed by atoms with E-state index >= 15 is 0 Å². The number of allylic oxidation sites excluding steroid dienone is 1. The summed E-state index contributed by atoms with van der Waals surface area (Å²) in [5.41, 5.74) is 0.341. The van der Waals surface area contributed by atoms with Crippen LogP contribution in [-0.4, -0.2) is 58.3 Å². The molecular formula is C18H31N3O6. The van der Waals surface area contributed by atoms with E-state index in [0.29, 0.717) is 12.1 Å². The molecule has 0 bridgehead atoms. The molecule has 9 nitrogen and oxygen atoms in total. The van der Waals surface area contributed by atoms with Gasteiger partial charge >= 0.3 is 5.69 Å². The van der Waals surface area contributed by atoms with Gasteiger partial charge in [-0.25, -0.2) is 4.79 Å². The van der Waals surface area contributed by atoms with Gasteiger partial charge in [0.05, 0.1) is 6.61 Å². The molecule has 0 aliphatic carbocycles. The minimum atomic E-state index is -1.09. The number of nitrogens with one attached hydrogen (secondary N) is 2. The molecule has 4 unspecified atom stereocenters. The Morgan fingerprint density at radius 1 is 1.41 bits per heavy atom. The highest BCUT2D eigenvalue weighted by atomic mass is 16.6. The van der Waals surface area contributed by atoms with E-state index in [1.54, 1.807) is 0 Å². The Labute approximate surface area is 158 Å². The number of aromatic nitrogens is 2. The lowest BCUT2D eigenvalue weighted by Gasteiger charge is -2.20. The van der Waals surface area contributed by atoms with Crippen LogP contribution in [0.15, 0.2) is 27.4 Å². The Hall–Kier alpha value is -1.78. The van der Waals surface area contributed by atoms with Crippen molar-refractivity contribution < 1.29 is 19.7 Å². The van der Waals surface area contributed by atoms with Crippen LogP contribution in [0.2, 0.25) is 0 Å². The molecule has 1 aliphatic heterocycles. The van der Waals surface area contributed by atoms with Gasteiger partial charge in [0.1, 0.15) is 18.3 Å². The molecule has 1 fully saturated rings. The zero-order chi connectivity index (χ0) is 20.6. The SMILES string of the molecule is CC.COC1C(O)C(CO)OC1n1cc(CNCC=C(C)C)c(=O)[nH]c1=O. The number of aliphatic hydroxyl groups is 2. The lowest BCUT2D eigenvalue weighted by molar-refractivity contribution is -0.0626. The summed E-state index contributed by atoms with van der Waals surface area (Å²) in [7, 11) is 1.38. The van der Waals surface area contributed by atoms with Crippen LogP contribution >= 0.6 is 0 Å². The van der Waals surface area contributed by atoms with Crippen molar-refractivity contribution in [3.8, 4) is 0 Å². The highest BCUT2D eigenvalue weighted by Gasteiger charge is 2.45. The highest BCUT2D eigenvalue weighted by Crippen LogP contribution is 2.30. The molecule has 1 aromatic heterocycles. The zero-order valence-corrected chi connectivity index (χ0v) is 16.6. The minimum Gasteiger partial charge on any atom is -0.394 e. The summed E-state index contributed by atoms with van der Waals surface area (Å²) in [4.78, 5) is 26.4. The second-order valence-corrected chi connectivity index (χ2v) is 6.17. The number of ether oxygens (including phenoxy) is 2. The third-order valence-electron chi connectivity index (χ3n) is 4.05. The van der Waals surface area contributed by atoms with Gasteiger partial charge in [0.15, 0.2) is 6.23 Å². The number of nitrogens with zero attached hydrogens (tertiary/aromatic N) is 1. The van der Waals surface area contributed by atoms with Crippen molar-refractivity contribution in [2.45, 2.75) is 58.8 Å². The summed E-state index contributed by atoms with van der Waals surface area (Å²) in [6, 6.07) is 0. The molecule has 2 heterocycles. The number of rotatable bonds is 7. The van der Waals surface area contributed by atoms with E-state index in [1.165, 1.54) is 17.9 Å². The fourth-order valence-corrected chi connectivity index (χ4v) is 2.67. The molecule has 2 rings (SSSR count). The van der Waals surface area contributed by atoms with Crippen molar-refractivity contribution in [3.63, 3.8) is 0 Å². The first-order valence-corrected chi connectivity index (χ1v) is 9.04. The van der Waals surface area contributed by atoms with E-state index < -0.39 is 42.4 Å². The van der Waals surface area contributed by atoms with Crippen LogP contribution in [-0.2, 0) is 16.0 Å². The smallest absolute Gasteiger partial charge is 0.330 e. The second kappa shape index (κ2) is 11.2. The summed E-state index contributed by atoms with van der Waals surface area (Å²) < 4.78 is 11.9. The topological polar surface area (TPSA) is 126 Å². The third kappa shape index (κ3) is 5.85. The van der Waals surface area contributed by atoms with Crippen LogP contribution in [0.3, 0.4) is 0 Å². The molecule has 1 saturated heterocycles. The van der Waals surface area contributed by atoms with Crippen molar-refractivity contribution in [1.29, 1.82) is 0 Å². The lowest BCUT2D eigenvalue weighted by Crippen LogP contribution is -2.40. The monoisotopic (exact) mass is 385 g/mol. The highest BCUT2D eigenvalue weighted by molar-refractivity contribution is 5.06. The van der Waals surface area contributed by atoms with Gasteiger partial charge in [-0.05, 0) is 13.8 Å². The van der Waals surface area contributed by atoms with Crippen LogP contribution in [0.4, 0.5) is 0 Å². The van der Waals surface area contributed by atoms with Crippen LogP contribution in [0, 0.1) is 0 Å². The fourth-order valence-electron chi connectivity index (χ4n) is 2.67. The molecule has 4 atom stereocenters. The van der Waals surface area contributed by atoms with Gasteiger partial charge in [0, 0.05) is 32.0 Å². The fraction of sp³-hybridized carbons (Fsp3) is 0.667. The van der Waals surface area contributed by atoms with Gasteiger partial charge in [-0.3, -0.25) is 14.3 Å². The van der Waals surface area contributed by atoms with Gasteiger partial charge in [0.2, 0.25) is 0 Å². The molecular weight excluding hydrogens is 354 g/mol. The van der Waals surface area contributed by atoms with Gasteiger partial charge in [0.25, 0.3) is 5.56 Å². The van der Waals surface area contributed by atoms with Gasteiger partial charge < -0.3 is 25.0 Å². The summed E-state index contributed by atoms with van der Waals surface area (Å²) >= 11 is 0. The van der Waals surface area contributed by atoms with E-state index in [2.05, 4.69) is 10.3 Å². The van der Waals surface area contributed by atoms with E-state index in [9.17, 15) is 19.8 Å². The van der Waals surface area contributed by atoms with Gasteiger partial charge in [-0.15, -0.1) is 0 Å². The predicted molar refractivity (Wildman–Crippen MR) is 102 cm³/mol. The number of aromatic amines is 1. The van der Waals surface area contributed by atoms with E-state index in [1.807, 2.05) is 33.8 Å². The van der Waals surface area contributed by atoms with Crippen LogP contribution < -0.4 is 16.6 Å². The first kappa shape index (κ1) is 23.3. The maximum atomic E-state index is 12.2. The van der Waals surface area contributed by atoms with Crippen molar-refractivity contribution in [3.05, 3.63) is 44.2 Å². The Morgan fingerprint density at radius 3 is 2.63 bits per heavy atom. The van der Waals surface area contributed by atoms with Gasteiger partial charge in [-0.1, -0.05) is 25.5 Å². The van der Waals surface area contributed by atoms with Crippen LogP contribution in [0.25, 0.3) is 0 Å². The van der Waals surface area contributed by atoms with E-state index in [0.717, 1.165) is 5.57 Å². The number of hydrogen-bond acceptors (Lipinski definition) is 7. The molecule has 1 aromatic rings. The lowest BCUT2D eigenvalue weighted by atomic mass is 10.1. The molecule has 0 spiro atoms. The minimum absolute atomic E-state index is 0.260. The normalized spacial score (nSPS) is 24.3. The van der Waals surface area contributed by atoms with E-state index in [-0.39, 0.29) is 6.54 Å². The third-order valence-corrected chi connectivity index (χ3v) is 4.05. The second-order valence-electron chi connectivity index (χ2n) is 6.17. The van der Waals surface area contributed by atoms with Crippen LogP contribution in [0.5, 0.6) is 0 Å². The molecule has 0 radical (unpaired) electrons. The first-order valence-electron chi connectivity index (χ1n) is 9.04. The summed E-state index contributed by atoms with van der Waals surface area (Å²) in [5.74, 6) is 0. The summed E-state index contributed by atoms with van der Waals surface area (Å²) in [5, 5.41) is 22.5. The molecule has 4 N–H and O–H groups in total. The predicted octanol–water partition coefficient (Wildman–Crippen LogP) is -0.116. The molecule has 1 aliphatic rings. The Morgan fingerprint density at radius 2 is 2.07 bits per heavy atom. The molecule has 0 amide bonds. The molecule has 0 aromatic carbocycles. The van der Waals surface area contributed by atoms with Gasteiger partial charge in [-0.2, -0.15) is 0 Å². The number of H-pyrrole nitrogens is 1. The first-order chi connectivity index (χ1) is 12.9. The number of aliphatic hydroxyl groups excluding tert-OH is 2. The standard InChI is InChI=1S/C16H25N3O6.C2H6/c1-9(2)4-5-17-6-10-7-19(16(23)18-14(10)22)15-13(24-3)12(21)11(8-20)25-15;1-2/h4,7,11-13,15,17,20-21H,5-6,8H2,1-3H3,(H,18,22,23);1-2H3. The molecule has 9 heteroatoms. The summed E-state index contributed by atoms with van der Waals surface area (Å²) in [6.45, 7) is 8.38. The zero-order valence-electron chi connectivity index (χ0n) is 16.6. The molecule has 154 valence electrons. The number of methoxy groups -OCH3 is 1. The maximum Gasteiger partial charge on any atom is 0.330 e.